The molecule has 1 unspecified atom stereocenters. The summed E-state index contributed by atoms with van der Waals surface area (Å²) in [6.45, 7) is 5.53. The van der Waals surface area contributed by atoms with Crippen molar-refractivity contribution in [1.82, 2.24) is 14.6 Å². The summed E-state index contributed by atoms with van der Waals surface area (Å²) in [5.74, 6) is -1.09. The molecule has 0 amide bonds. The zero-order valence-electron chi connectivity index (χ0n) is 15.2. The Bertz CT molecular complexity index is 964. The van der Waals surface area contributed by atoms with Crippen LogP contribution >= 0.6 is 15.9 Å². The van der Waals surface area contributed by atoms with Gasteiger partial charge in [0.25, 0.3) is 0 Å². The molecule has 0 saturated carbocycles. The molecule has 28 heavy (non-hydrogen) atoms. The minimum absolute atomic E-state index is 0.0389. The summed E-state index contributed by atoms with van der Waals surface area (Å²) in [7, 11) is 1.14. The van der Waals surface area contributed by atoms with E-state index in [0.717, 1.165) is 17.7 Å². The fraction of sp³-hybridized carbons (Fsp3) is 0.353. The third-order valence-electron chi connectivity index (χ3n) is 3.90. The second-order valence-electron chi connectivity index (χ2n) is 6.02. The van der Waals surface area contributed by atoms with E-state index >= 15 is 0 Å². The molecule has 1 atom stereocenters. The Morgan fingerprint density at radius 3 is 2.61 bits per heavy atom. The highest BCUT2D eigenvalue weighted by Gasteiger charge is 2.54. The van der Waals surface area contributed by atoms with Crippen molar-refractivity contribution in [2.45, 2.75) is 25.6 Å². The van der Waals surface area contributed by atoms with Crippen molar-refractivity contribution in [2.24, 2.45) is 4.99 Å². The normalized spacial score (nSPS) is 16.0. The van der Waals surface area contributed by atoms with Gasteiger partial charge in [0.05, 0.1) is 13.3 Å². The van der Waals surface area contributed by atoms with Gasteiger partial charge in [0.1, 0.15) is 22.8 Å². The lowest BCUT2D eigenvalue weighted by molar-refractivity contribution is -0.261. The van der Waals surface area contributed by atoms with Gasteiger partial charge in [-0.2, -0.15) is 18.3 Å². The van der Waals surface area contributed by atoms with E-state index < -0.39 is 23.3 Å². The van der Waals surface area contributed by atoms with Gasteiger partial charge in [-0.1, -0.05) is 21.5 Å². The first-order chi connectivity index (χ1) is 13.0. The van der Waals surface area contributed by atoms with E-state index in [0.29, 0.717) is 17.8 Å². The van der Waals surface area contributed by atoms with Gasteiger partial charge >= 0.3 is 6.18 Å². The van der Waals surface area contributed by atoms with E-state index in [-0.39, 0.29) is 22.8 Å². The van der Waals surface area contributed by atoms with Crippen LogP contribution in [0.2, 0.25) is 0 Å². The van der Waals surface area contributed by atoms with Gasteiger partial charge in [0, 0.05) is 11.4 Å². The first-order valence-electron chi connectivity index (χ1n) is 7.80. The van der Waals surface area contributed by atoms with Crippen molar-refractivity contribution in [2.75, 3.05) is 12.4 Å². The summed E-state index contributed by atoms with van der Waals surface area (Å²) in [5, 5.41) is 14.3. The smallest absolute Gasteiger partial charge is 0.422 e. The molecule has 0 aliphatic carbocycles. The average molecular weight is 465 g/mol. The molecular weight excluding hydrogens is 448 g/mol. The molecule has 2 aromatic heterocycles. The van der Waals surface area contributed by atoms with E-state index in [4.69, 9.17) is 4.74 Å². The number of imidazole rings is 1. The molecule has 6 nitrogen and oxygen atoms in total. The molecule has 152 valence electrons. The van der Waals surface area contributed by atoms with Gasteiger partial charge in [-0.25, -0.2) is 13.9 Å². The molecule has 0 spiro atoms. The Labute approximate surface area is 166 Å². The number of ether oxygens (including phenoxy) is 1. The Kier molecular flexibility index (Phi) is 6.29. The summed E-state index contributed by atoms with van der Waals surface area (Å²) in [5.41, 5.74) is -3.70. The number of fused-ring (bicyclic) bond motifs is 1. The number of halogens is 5. The second-order valence-corrected chi connectivity index (χ2v) is 6.58. The highest BCUT2D eigenvalue weighted by Crippen LogP contribution is 2.41. The number of methoxy groups -OCH3 is 1. The largest absolute Gasteiger partial charge is 0.495 e. The van der Waals surface area contributed by atoms with Crippen LogP contribution in [0.5, 0.6) is 5.75 Å². The molecule has 1 N–H and O–H groups in total. The summed E-state index contributed by atoms with van der Waals surface area (Å²) >= 11 is 3.19. The lowest BCUT2D eigenvalue weighted by Gasteiger charge is -2.26. The maximum absolute atomic E-state index is 14.6. The third kappa shape index (κ3) is 3.95. The summed E-state index contributed by atoms with van der Waals surface area (Å²) in [6, 6.07) is 1.16. The van der Waals surface area contributed by atoms with Gasteiger partial charge in [0.2, 0.25) is 5.60 Å². The van der Waals surface area contributed by atoms with Crippen LogP contribution in [0, 0.1) is 0 Å². The van der Waals surface area contributed by atoms with Crippen molar-refractivity contribution in [1.29, 1.82) is 0 Å². The lowest BCUT2D eigenvalue weighted by Crippen LogP contribution is -2.40. The Hall–Kier alpha value is -2.27. The molecule has 2 aromatic rings. The van der Waals surface area contributed by atoms with E-state index in [1.165, 1.54) is 12.3 Å². The number of hydrogen-bond acceptors (Lipinski definition) is 5. The summed E-state index contributed by atoms with van der Waals surface area (Å²) in [6.07, 6.45) is -2.64. The molecule has 0 bridgehead atoms. The van der Waals surface area contributed by atoms with E-state index in [9.17, 15) is 22.7 Å². The molecule has 0 aliphatic heterocycles. The number of allylic oxidation sites excluding steroid dienone is 3. The van der Waals surface area contributed by atoms with Crippen molar-refractivity contribution in [3.63, 3.8) is 0 Å². The van der Waals surface area contributed by atoms with Crippen LogP contribution in [0.3, 0.4) is 0 Å². The number of aromatic nitrogens is 3. The van der Waals surface area contributed by atoms with Gasteiger partial charge in [-0.3, -0.25) is 4.99 Å². The van der Waals surface area contributed by atoms with Gasteiger partial charge < -0.3 is 9.84 Å². The first-order valence-corrected chi connectivity index (χ1v) is 8.92. The molecule has 2 rings (SSSR count). The summed E-state index contributed by atoms with van der Waals surface area (Å²) in [4.78, 5) is 7.63. The van der Waals surface area contributed by atoms with Crippen LogP contribution in [-0.2, 0) is 5.60 Å². The molecule has 2 heterocycles. The molecule has 0 radical (unpaired) electrons. The first kappa shape index (κ1) is 22.0. The minimum Gasteiger partial charge on any atom is -0.495 e. The summed E-state index contributed by atoms with van der Waals surface area (Å²) < 4.78 is 60.4. The minimum atomic E-state index is -5.03. The van der Waals surface area contributed by atoms with Crippen molar-refractivity contribution in [3.8, 4) is 5.75 Å². The number of nitrogens with zero attached hydrogens (tertiary/aromatic N) is 4. The molecule has 0 aliphatic rings. The molecule has 0 fully saturated rings. The van der Waals surface area contributed by atoms with Gasteiger partial charge in [-0.15, -0.1) is 0 Å². The predicted molar refractivity (Wildman–Crippen MR) is 100 cm³/mol. The molecule has 11 heteroatoms. The van der Waals surface area contributed by atoms with Gasteiger partial charge in [0.15, 0.2) is 11.5 Å². The van der Waals surface area contributed by atoms with Crippen molar-refractivity contribution < 1.29 is 27.4 Å². The zero-order chi connectivity index (χ0) is 21.3. The fourth-order valence-electron chi connectivity index (χ4n) is 2.29. The number of alkyl halides is 4. The lowest BCUT2D eigenvalue weighted by atomic mass is 10.0. The molecule has 0 saturated heterocycles. The standard InChI is InChI=1S/C17H17BrF4N4O2/c1-9(7-18)5-10(19)14(23-3)11-8-24-13-6-12(28-4)15(25-26(11)13)16(2,27)17(20,21)22/h5-6,8,27H,3,7H2,1-2,4H3/b9-5-,14-10+. The predicted octanol–water partition coefficient (Wildman–Crippen LogP) is 4.19. The zero-order valence-corrected chi connectivity index (χ0v) is 16.8. The van der Waals surface area contributed by atoms with Crippen LogP contribution in [0.15, 0.2) is 34.7 Å². The topological polar surface area (TPSA) is 72.0 Å². The van der Waals surface area contributed by atoms with Crippen LogP contribution in [-0.4, -0.2) is 45.0 Å². The van der Waals surface area contributed by atoms with Crippen molar-refractivity contribution >= 4 is 34.0 Å². The fourth-order valence-corrected chi connectivity index (χ4v) is 2.45. The molecule has 0 aromatic carbocycles. The van der Waals surface area contributed by atoms with Crippen LogP contribution in [0.25, 0.3) is 11.3 Å². The number of rotatable bonds is 6. The van der Waals surface area contributed by atoms with E-state index in [2.05, 4.69) is 37.7 Å². The Morgan fingerprint density at radius 2 is 2.11 bits per heavy atom. The van der Waals surface area contributed by atoms with E-state index in [1.54, 1.807) is 6.92 Å². The van der Waals surface area contributed by atoms with E-state index in [1.807, 2.05) is 0 Å². The van der Waals surface area contributed by atoms with Crippen LogP contribution < -0.4 is 4.74 Å². The number of hydrogen-bond donors (Lipinski definition) is 1. The Morgan fingerprint density at radius 1 is 1.46 bits per heavy atom. The number of aliphatic hydroxyl groups is 1. The SMILES string of the molecule is C=N/C(=C(F)\C=C(\C)CBr)c1cnc2cc(OC)c(C(C)(O)C(F)(F)F)nn12. The second kappa shape index (κ2) is 8.00. The maximum atomic E-state index is 14.6. The maximum Gasteiger partial charge on any atom is 0.422 e. The van der Waals surface area contributed by atoms with Crippen molar-refractivity contribution in [3.05, 3.63) is 41.1 Å². The van der Waals surface area contributed by atoms with Crippen LogP contribution in [0.1, 0.15) is 25.2 Å². The highest BCUT2D eigenvalue weighted by molar-refractivity contribution is 9.09. The van der Waals surface area contributed by atoms with Crippen LogP contribution in [0.4, 0.5) is 17.6 Å². The molecular formula is C17H17BrF4N4O2. The monoisotopic (exact) mass is 464 g/mol. The Balaban J connectivity index is 2.80. The highest BCUT2D eigenvalue weighted by atomic mass is 79.9. The number of aliphatic imine (C=N–C) groups is 1. The quantitative estimate of drug-likeness (QED) is 0.301. The third-order valence-corrected chi connectivity index (χ3v) is 4.79. The van der Waals surface area contributed by atoms with Gasteiger partial charge in [-0.05, 0) is 26.6 Å². The average Bonchev–Trinajstić information content (AvgIpc) is 3.02.